The molecule has 2 aromatic rings. The van der Waals surface area contributed by atoms with Gasteiger partial charge in [-0.1, -0.05) is 12.1 Å². The number of hydrogen-bond donors (Lipinski definition) is 1. The number of carbonyl (C=O) groups is 1. The smallest absolute Gasteiger partial charge is 0.416 e. The Kier molecular flexibility index (Phi) is 4.70. The standard InChI is InChI=1S/C19H18F3NO2/c20-19(21,22)16-5-1-15(2-6-16)18(25)23-11-9-14(10-12-23)13-3-7-17(24)8-4-13/h1-8,14,24H,9-12H2. The first-order chi connectivity index (χ1) is 11.8. The number of hydrogen-bond acceptors (Lipinski definition) is 2. The van der Waals surface area contributed by atoms with Gasteiger partial charge in [-0.05, 0) is 60.7 Å². The summed E-state index contributed by atoms with van der Waals surface area (Å²) < 4.78 is 37.8. The van der Waals surface area contributed by atoms with Crippen molar-refractivity contribution in [2.24, 2.45) is 0 Å². The van der Waals surface area contributed by atoms with Gasteiger partial charge in [0.1, 0.15) is 5.75 Å². The van der Waals surface area contributed by atoms with Gasteiger partial charge in [0, 0.05) is 18.7 Å². The number of aromatic hydroxyl groups is 1. The summed E-state index contributed by atoms with van der Waals surface area (Å²) >= 11 is 0. The van der Waals surface area contributed by atoms with Gasteiger partial charge < -0.3 is 10.0 Å². The van der Waals surface area contributed by atoms with Crippen LogP contribution in [0.25, 0.3) is 0 Å². The van der Waals surface area contributed by atoms with Crippen LogP contribution < -0.4 is 0 Å². The molecule has 0 atom stereocenters. The Morgan fingerprint density at radius 3 is 2.04 bits per heavy atom. The van der Waals surface area contributed by atoms with Crippen LogP contribution in [0.1, 0.15) is 40.2 Å². The average Bonchev–Trinajstić information content (AvgIpc) is 2.61. The first-order valence-electron chi connectivity index (χ1n) is 8.10. The molecule has 3 rings (SSSR count). The molecule has 1 fully saturated rings. The molecule has 0 bridgehead atoms. The van der Waals surface area contributed by atoms with Gasteiger partial charge in [0.2, 0.25) is 0 Å². The maximum Gasteiger partial charge on any atom is 0.416 e. The van der Waals surface area contributed by atoms with Crippen molar-refractivity contribution in [1.82, 2.24) is 4.90 Å². The highest BCUT2D eigenvalue weighted by atomic mass is 19.4. The highest BCUT2D eigenvalue weighted by molar-refractivity contribution is 5.94. The Morgan fingerprint density at radius 2 is 1.52 bits per heavy atom. The van der Waals surface area contributed by atoms with Crippen LogP contribution in [-0.2, 0) is 6.18 Å². The molecule has 0 aromatic heterocycles. The van der Waals surface area contributed by atoms with Crippen LogP contribution in [-0.4, -0.2) is 29.0 Å². The maximum absolute atomic E-state index is 12.6. The molecule has 2 aromatic carbocycles. The number of carbonyl (C=O) groups excluding carboxylic acids is 1. The maximum atomic E-state index is 12.6. The Bertz CT molecular complexity index is 731. The van der Waals surface area contributed by atoms with E-state index in [2.05, 4.69) is 0 Å². The number of alkyl halides is 3. The molecule has 1 amide bonds. The second-order valence-electron chi connectivity index (χ2n) is 6.23. The van der Waals surface area contributed by atoms with Crippen molar-refractivity contribution in [3.8, 4) is 5.75 Å². The third-order valence-electron chi connectivity index (χ3n) is 4.61. The predicted molar refractivity (Wildman–Crippen MR) is 87.4 cm³/mol. The minimum Gasteiger partial charge on any atom is -0.508 e. The average molecular weight is 349 g/mol. The van der Waals surface area contributed by atoms with Crippen LogP contribution >= 0.6 is 0 Å². The highest BCUT2D eigenvalue weighted by Gasteiger charge is 2.31. The number of nitrogens with zero attached hydrogens (tertiary/aromatic N) is 1. The first-order valence-corrected chi connectivity index (χ1v) is 8.10. The molecule has 0 unspecified atom stereocenters. The van der Waals surface area contributed by atoms with Gasteiger partial charge in [-0.25, -0.2) is 0 Å². The van der Waals surface area contributed by atoms with Gasteiger partial charge in [0.25, 0.3) is 5.91 Å². The normalized spacial score (nSPS) is 16.0. The van der Waals surface area contributed by atoms with Gasteiger partial charge in [-0.3, -0.25) is 4.79 Å². The van der Waals surface area contributed by atoms with E-state index in [1.165, 1.54) is 12.1 Å². The number of piperidine rings is 1. The van der Waals surface area contributed by atoms with Crippen molar-refractivity contribution < 1.29 is 23.1 Å². The fourth-order valence-electron chi connectivity index (χ4n) is 3.15. The van der Waals surface area contributed by atoms with Gasteiger partial charge in [-0.2, -0.15) is 13.2 Å². The van der Waals surface area contributed by atoms with Gasteiger partial charge in [-0.15, -0.1) is 0 Å². The second kappa shape index (κ2) is 6.78. The van der Waals surface area contributed by atoms with Gasteiger partial charge >= 0.3 is 6.18 Å². The van der Waals surface area contributed by atoms with Crippen LogP contribution in [0, 0.1) is 0 Å². The van der Waals surface area contributed by atoms with E-state index in [0.29, 0.717) is 19.0 Å². The van der Waals surface area contributed by atoms with Crippen LogP contribution in [0.2, 0.25) is 0 Å². The molecule has 132 valence electrons. The Labute approximate surface area is 143 Å². The summed E-state index contributed by atoms with van der Waals surface area (Å²) in [5.41, 5.74) is 0.644. The Morgan fingerprint density at radius 1 is 0.960 bits per heavy atom. The lowest BCUT2D eigenvalue weighted by Gasteiger charge is -2.32. The van der Waals surface area contributed by atoms with Crippen molar-refractivity contribution in [3.05, 3.63) is 65.2 Å². The van der Waals surface area contributed by atoms with Crippen LogP contribution in [0.4, 0.5) is 13.2 Å². The fraction of sp³-hybridized carbons (Fsp3) is 0.316. The quantitative estimate of drug-likeness (QED) is 0.871. The molecule has 1 N–H and O–H groups in total. The zero-order chi connectivity index (χ0) is 18.0. The molecule has 6 heteroatoms. The number of amides is 1. The van der Waals surface area contributed by atoms with Crippen molar-refractivity contribution in [2.75, 3.05) is 13.1 Å². The summed E-state index contributed by atoms with van der Waals surface area (Å²) in [6.07, 6.45) is -2.82. The minimum atomic E-state index is -4.40. The van der Waals surface area contributed by atoms with E-state index in [1.54, 1.807) is 17.0 Å². The number of halogens is 3. The SMILES string of the molecule is O=C(c1ccc(C(F)(F)F)cc1)N1CCC(c2ccc(O)cc2)CC1. The number of phenolic OH excluding ortho intramolecular Hbond substituents is 1. The molecule has 1 aliphatic heterocycles. The molecular weight excluding hydrogens is 331 g/mol. The van der Waals surface area contributed by atoms with E-state index >= 15 is 0 Å². The van der Waals surface area contributed by atoms with Crippen molar-refractivity contribution >= 4 is 5.91 Å². The topological polar surface area (TPSA) is 40.5 Å². The van der Waals surface area contributed by atoms with E-state index in [0.717, 1.165) is 30.5 Å². The number of benzene rings is 2. The zero-order valence-corrected chi connectivity index (χ0v) is 13.5. The lowest BCUT2D eigenvalue weighted by atomic mass is 9.89. The minimum absolute atomic E-state index is 0.221. The van der Waals surface area contributed by atoms with E-state index in [9.17, 15) is 23.1 Å². The summed E-state index contributed by atoms with van der Waals surface area (Å²) in [6, 6.07) is 11.4. The highest BCUT2D eigenvalue weighted by Crippen LogP contribution is 2.31. The number of phenols is 1. The molecule has 1 saturated heterocycles. The molecule has 0 spiro atoms. The molecule has 25 heavy (non-hydrogen) atoms. The van der Waals surface area contributed by atoms with Gasteiger partial charge in [0.15, 0.2) is 0 Å². The van der Waals surface area contributed by atoms with Crippen molar-refractivity contribution in [2.45, 2.75) is 24.9 Å². The van der Waals surface area contributed by atoms with E-state index in [-0.39, 0.29) is 17.2 Å². The zero-order valence-electron chi connectivity index (χ0n) is 13.5. The third kappa shape index (κ3) is 3.95. The summed E-state index contributed by atoms with van der Waals surface area (Å²) in [5.74, 6) is 0.300. The largest absolute Gasteiger partial charge is 0.508 e. The lowest BCUT2D eigenvalue weighted by molar-refractivity contribution is -0.137. The fourth-order valence-corrected chi connectivity index (χ4v) is 3.15. The summed E-state index contributed by atoms with van der Waals surface area (Å²) in [6.45, 7) is 1.12. The molecule has 0 aliphatic carbocycles. The Balaban J connectivity index is 1.62. The van der Waals surface area contributed by atoms with Crippen molar-refractivity contribution in [3.63, 3.8) is 0 Å². The summed E-state index contributed by atoms with van der Waals surface area (Å²) in [5, 5.41) is 9.34. The first kappa shape index (κ1) is 17.3. The van der Waals surface area contributed by atoms with E-state index in [4.69, 9.17) is 0 Å². The third-order valence-corrected chi connectivity index (χ3v) is 4.61. The van der Waals surface area contributed by atoms with Crippen molar-refractivity contribution in [1.29, 1.82) is 0 Å². The van der Waals surface area contributed by atoms with E-state index in [1.807, 2.05) is 12.1 Å². The van der Waals surface area contributed by atoms with Gasteiger partial charge in [0.05, 0.1) is 5.56 Å². The van der Waals surface area contributed by atoms with Crippen LogP contribution in [0.3, 0.4) is 0 Å². The molecule has 3 nitrogen and oxygen atoms in total. The molecule has 1 heterocycles. The molecule has 0 radical (unpaired) electrons. The second-order valence-corrected chi connectivity index (χ2v) is 6.23. The van der Waals surface area contributed by atoms with Crippen LogP contribution in [0.5, 0.6) is 5.75 Å². The number of likely N-dealkylation sites (tertiary alicyclic amines) is 1. The van der Waals surface area contributed by atoms with Crippen LogP contribution in [0.15, 0.2) is 48.5 Å². The monoisotopic (exact) mass is 349 g/mol. The molecule has 1 aliphatic rings. The Hall–Kier alpha value is -2.50. The predicted octanol–water partition coefficient (Wildman–Crippen LogP) is 4.43. The summed E-state index contributed by atoms with van der Waals surface area (Å²) in [7, 11) is 0. The summed E-state index contributed by atoms with van der Waals surface area (Å²) in [4.78, 5) is 14.1. The lowest BCUT2D eigenvalue weighted by Crippen LogP contribution is -2.37. The molecule has 0 saturated carbocycles. The molecular formula is C19H18F3NO2. The number of rotatable bonds is 2. The van der Waals surface area contributed by atoms with E-state index < -0.39 is 11.7 Å².